The molecule has 4 aromatic rings. The van der Waals surface area contributed by atoms with Crippen molar-refractivity contribution in [2.45, 2.75) is 0 Å². The number of hydrogen-bond acceptors (Lipinski definition) is 5. The highest BCUT2D eigenvalue weighted by atomic mass is 16.5. The minimum absolute atomic E-state index is 0.186. The summed E-state index contributed by atoms with van der Waals surface area (Å²) in [6.45, 7) is 0. The van der Waals surface area contributed by atoms with E-state index in [4.69, 9.17) is 9.47 Å². The van der Waals surface area contributed by atoms with E-state index >= 15 is 0 Å². The molecule has 0 fully saturated rings. The molecular formula is C19H14N2O4. The zero-order valence-electron chi connectivity index (χ0n) is 13.6. The van der Waals surface area contributed by atoms with Crippen LogP contribution in [0.4, 0.5) is 0 Å². The van der Waals surface area contributed by atoms with Crippen LogP contribution in [0.15, 0.2) is 42.6 Å². The van der Waals surface area contributed by atoms with Gasteiger partial charge in [0.1, 0.15) is 0 Å². The van der Waals surface area contributed by atoms with E-state index in [0.29, 0.717) is 5.39 Å². The van der Waals surface area contributed by atoms with Gasteiger partial charge in [-0.25, -0.2) is 9.59 Å². The van der Waals surface area contributed by atoms with Gasteiger partial charge in [0.2, 0.25) is 0 Å². The number of carbonyl (C=O) groups excluding carboxylic acids is 2. The number of methoxy groups -OCH3 is 2. The first-order valence-electron chi connectivity index (χ1n) is 7.63. The van der Waals surface area contributed by atoms with Gasteiger partial charge >= 0.3 is 11.9 Å². The molecule has 124 valence electrons. The van der Waals surface area contributed by atoms with E-state index in [1.807, 2.05) is 30.3 Å². The van der Waals surface area contributed by atoms with Crippen molar-refractivity contribution in [3.8, 4) is 0 Å². The second kappa shape index (κ2) is 5.59. The Balaban J connectivity index is 2.13. The van der Waals surface area contributed by atoms with Crippen LogP contribution in [0, 0.1) is 0 Å². The molecule has 1 aromatic heterocycles. The van der Waals surface area contributed by atoms with Crippen LogP contribution in [0.3, 0.4) is 0 Å². The van der Waals surface area contributed by atoms with Gasteiger partial charge in [-0.05, 0) is 39.7 Å². The van der Waals surface area contributed by atoms with Gasteiger partial charge in [-0.15, -0.1) is 0 Å². The van der Waals surface area contributed by atoms with Crippen LogP contribution in [-0.2, 0) is 9.47 Å². The number of esters is 2. The maximum absolute atomic E-state index is 12.3. The molecule has 0 aliphatic carbocycles. The Bertz CT molecular complexity index is 1160. The summed E-state index contributed by atoms with van der Waals surface area (Å²) in [6.07, 6.45) is 1.75. The molecule has 0 unspecified atom stereocenters. The largest absolute Gasteiger partial charge is 0.465 e. The number of hydrogen-bond donors (Lipinski definition) is 1. The predicted octanol–water partition coefficient (Wildman–Crippen LogP) is 3.44. The van der Waals surface area contributed by atoms with E-state index in [9.17, 15) is 9.59 Å². The lowest BCUT2D eigenvalue weighted by atomic mass is 9.94. The van der Waals surface area contributed by atoms with E-state index in [0.717, 1.165) is 27.1 Å². The SMILES string of the molecule is COC(=O)c1ccc2c(ccc3cc4[nH]ncc4cc32)c1C(=O)OC. The second-order valence-electron chi connectivity index (χ2n) is 5.66. The normalized spacial score (nSPS) is 11.1. The van der Waals surface area contributed by atoms with Crippen molar-refractivity contribution in [1.29, 1.82) is 0 Å². The number of rotatable bonds is 2. The van der Waals surface area contributed by atoms with E-state index in [2.05, 4.69) is 10.2 Å². The molecule has 6 heteroatoms. The molecule has 3 aromatic carbocycles. The van der Waals surface area contributed by atoms with Crippen molar-refractivity contribution in [2.75, 3.05) is 14.2 Å². The summed E-state index contributed by atoms with van der Waals surface area (Å²) in [5.41, 5.74) is 1.33. The van der Waals surface area contributed by atoms with Gasteiger partial charge in [0.25, 0.3) is 0 Å². The highest BCUT2D eigenvalue weighted by Gasteiger charge is 2.22. The first-order valence-corrected chi connectivity index (χ1v) is 7.63. The van der Waals surface area contributed by atoms with Crippen molar-refractivity contribution in [1.82, 2.24) is 10.2 Å². The van der Waals surface area contributed by atoms with Crippen LogP contribution in [0.2, 0.25) is 0 Å². The molecule has 4 rings (SSSR count). The Hall–Kier alpha value is -3.41. The number of H-pyrrole nitrogens is 1. The molecule has 25 heavy (non-hydrogen) atoms. The Morgan fingerprint density at radius 2 is 1.64 bits per heavy atom. The molecule has 0 saturated carbocycles. The van der Waals surface area contributed by atoms with E-state index < -0.39 is 11.9 Å². The third-order valence-electron chi connectivity index (χ3n) is 4.37. The summed E-state index contributed by atoms with van der Waals surface area (Å²) in [7, 11) is 2.57. The third kappa shape index (κ3) is 2.22. The van der Waals surface area contributed by atoms with Crippen molar-refractivity contribution >= 4 is 44.4 Å². The lowest BCUT2D eigenvalue weighted by Gasteiger charge is -2.12. The van der Waals surface area contributed by atoms with Crippen molar-refractivity contribution in [2.24, 2.45) is 0 Å². The molecule has 0 aliphatic rings. The maximum Gasteiger partial charge on any atom is 0.339 e. The quantitative estimate of drug-likeness (QED) is 0.448. The maximum atomic E-state index is 12.3. The van der Waals surface area contributed by atoms with Crippen molar-refractivity contribution < 1.29 is 19.1 Å². The minimum atomic E-state index is -0.576. The van der Waals surface area contributed by atoms with E-state index in [1.54, 1.807) is 12.3 Å². The number of benzene rings is 3. The average molecular weight is 334 g/mol. The lowest BCUT2D eigenvalue weighted by molar-refractivity contribution is 0.0557. The van der Waals surface area contributed by atoms with Crippen LogP contribution < -0.4 is 0 Å². The molecule has 0 saturated heterocycles. The second-order valence-corrected chi connectivity index (χ2v) is 5.66. The molecule has 1 N–H and O–H groups in total. The summed E-state index contributed by atoms with van der Waals surface area (Å²) in [4.78, 5) is 24.4. The monoisotopic (exact) mass is 334 g/mol. The highest BCUT2D eigenvalue weighted by molar-refractivity contribution is 6.19. The number of fused-ring (bicyclic) bond motifs is 4. The molecular weight excluding hydrogens is 320 g/mol. The number of nitrogens with one attached hydrogen (secondary N) is 1. The average Bonchev–Trinajstić information content (AvgIpc) is 3.11. The molecule has 0 bridgehead atoms. The highest BCUT2D eigenvalue weighted by Crippen LogP contribution is 2.32. The fourth-order valence-electron chi connectivity index (χ4n) is 3.18. The van der Waals surface area contributed by atoms with Crippen molar-refractivity contribution in [3.63, 3.8) is 0 Å². The Morgan fingerprint density at radius 1 is 0.880 bits per heavy atom. The van der Waals surface area contributed by atoms with Gasteiger partial charge in [-0.1, -0.05) is 18.2 Å². The number of aromatic amines is 1. The van der Waals surface area contributed by atoms with Gasteiger partial charge in [0.05, 0.1) is 37.1 Å². The van der Waals surface area contributed by atoms with E-state index in [1.165, 1.54) is 14.2 Å². The number of carbonyl (C=O) groups is 2. The summed E-state index contributed by atoms with van der Waals surface area (Å²) in [5.74, 6) is -1.15. The van der Waals surface area contributed by atoms with Crippen LogP contribution in [0.1, 0.15) is 20.7 Å². The van der Waals surface area contributed by atoms with Gasteiger partial charge in [-0.3, -0.25) is 5.10 Å². The first-order chi connectivity index (χ1) is 12.1. The summed E-state index contributed by atoms with van der Waals surface area (Å²) in [5, 5.41) is 11.4. The van der Waals surface area contributed by atoms with Crippen LogP contribution >= 0.6 is 0 Å². The predicted molar refractivity (Wildman–Crippen MR) is 93.8 cm³/mol. The number of ether oxygens (including phenoxy) is 2. The van der Waals surface area contributed by atoms with Gasteiger partial charge in [-0.2, -0.15) is 5.10 Å². The number of aromatic nitrogens is 2. The Morgan fingerprint density at radius 3 is 2.40 bits per heavy atom. The molecule has 0 amide bonds. The summed E-state index contributed by atoms with van der Waals surface area (Å²) < 4.78 is 9.68. The number of nitrogens with zero attached hydrogens (tertiary/aromatic N) is 1. The molecule has 0 spiro atoms. The van der Waals surface area contributed by atoms with Crippen molar-refractivity contribution in [3.05, 3.63) is 53.7 Å². The van der Waals surface area contributed by atoms with Crippen LogP contribution in [0.25, 0.3) is 32.4 Å². The Kier molecular flexibility index (Phi) is 3.39. The molecule has 0 radical (unpaired) electrons. The summed E-state index contributed by atoms with van der Waals surface area (Å²) >= 11 is 0. The molecule has 1 heterocycles. The first kappa shape index (κ1) is 15.1. The molecule has 0 atom stereocenters. The van der Waals surface area contributed by atoms with Gasteiger partial charge < -0.3 is 9.47 Å². The lowest BCUT2D eigenvalue weighted by Crippen LogP contribution is -2.12. The third-order valence-corrected chi connectivity index (χ3v) is 4.37. The van der Waals surface area contributed by atoms with E-state index in [-0.39, 0.29) is 11.1 Å². The van der Waals surface area contributed by atoms with Crippen LogP contribution in [0.5, 0.6) is 0 Å². The van der Waals surface area contributed by atoms with Gasteiger partial charge in [0, 0.05) is 5.39 Å². The topological polar surface area (TPSA) is 81.3 Å². The fourth-order valence-corrected chi connectivity index (χ4v) is 3.18. The zero-order valence-corrected chi connectivity index (χ0v) is 13.6. The summed E-state index contributed by atoms with van der Waals surface area (Å²) in [6, 6.07) is 11.2. The molecule has 0 aliphatic heterocycles. The minimum Gasteiger partial charge on any atom is -0.465 e. The van der Waals surface area contributed by atoms with Gasteiger partial charge in [0.15, 0.2) is 0 Å². The standard InChI is InChI=1S/C19H14N2O4/c1-24-18(22)14-6-5-12-13(17(14)19(23)25-2)4-3-10-8-16-11(7-15(10)12)9-20-21-16/h3-9H,1-2H3,(H,20,21). The van der Waals surface area contributed by atoms with Crippen LogP contribution in [-0.4, -0.2) is 36.4 Å². The Labute approximate surface area is 142 Å². The molecule has 6 nitrogen and oxygen atoms in total. The smallest absolute Gasteiger partial charge is 0.339 e. The zero-order chi connectivity index (χ0) is 17.6. The fraction of sp³-hybridized carbons (Fsp3) is 0.105.